The molecule has 28 heavy (non-hydrogen) atoms. The number of rotatable bonds is 5. The van der Waals surface area contributed by atoms with Gasteiger partial charge in [-0.25, -0.2) is 0 Å². The fraction of sp³-hybridized carbons (Fsp3) is 0.143. The summed E-state index contributed by atoms with van der Waals surface area (Å²) in [4.78, 5) is 12.2. The number of nitrogens with zero attached hydrogens (tertiary/aromatic N) is 2. The van der Waals surface area contributed by atoms with Gasteiger partial charge in [-0.15, -0.1) is 0 Å². The molecule has 3 aromatic rings. The van der Waals surface area contributed by atoms with E-state index in [1.807, 2.05) is 41.2 Å². The molecule has 1 N–H and O–H groups in total. The number of carbonyl (C=O) groups excluding carboxylic acids is 1. The van der Waals surface area contributed by atoms with Gasteiger partial charge in [-0.2, -0.15) is 5.10 Å². The SMILES string of the molecule is O=C(/C=C/c1cc(Cl)c2c(c1)OCCO2)Nc1ccc(Cn2cccn2)cc1. The molecule has 1 aliphatic heterocycles. The number of halogens is 1. The summed E-state index contributed by atoms with van der Waals surface area (Å²) < 4.78 is 12.9. The van der Waals surface area contributed by atoms with Gasteiger partial charge in [-0.05, 0) is 47.5 Å². The van der Waals surface area contributed by atoms with E-state index in [-0.39, 0.29) is 5.91 Å². The van der Waals surface area contributed by atoms with Crippen molar-refractivity contribution in [1.29, 1.82) is 0 Å². The summed E-state index contributed by atoms with van der Waals surface area (Å²) in [6.07, 6.45) is 6.80. The van der Waals surface area contributed by atoms with E-state index in [2.05, 4.69) is 10.4 Å². The summed E-state index contributed by atoms with van der Waals surface area (Å²) >= 11 is 6.21. The molecule has 6 nitrogen and oxygen atoms in total. The number of ether oxygens (including phenoxy) is 2. The Bertz CT molecular complexity index is 998. The number of benzene rings is 2. The Balaban J connectivity index is 1.38. The molecular formula is C21H18ClN3O3. The molecule has 2 heterocycles. The van der Waals surface area contributed by atoms with Crippen molar-refractivity contribution in [2.75, 3.05) is 18.5 Å². The molecule has 1 aromatic heterocycles. The summed E-state index contributed by atoms with van der Waals surface area (Å²) in [5.74, 6) is 0.905. The largest absolute Gasteiger partial charge is 0.486 e. The second-order valence-electron chi connectivity index (χ2n) is 6.25. The molecule has 0 fully saturated rings. The molecule has 7 heteroatoms. The molecule has 2 aromatic carbocycles. The first kappa shape index (κ1) is 18.1. The van der Waals surface area contributed by atoms with Crippen LogP contribution in [0.2, 0.25) is 5.02 Å². The van der Waals surface area contributed by atoms with Crippen LogP contribution in [0.25, 0.3) is 6.08 Å². The van der Waals surface area contributed by atoms with Gasteiger partial charge in [0.1, 0.15) is 13.2 Å². The van der Waals surface area contributed by atoms with Crippen molar-refractivity contribution >= 4 is 29.3 Å². The summed E-state index contributed by atoms with van der Waals surface area (Å²) in [6, 6.07) is 13.1. The van der Waals surface area contributed by atoms with Gasteiger partial charge in [0, 0.05) is 24.2 Å². The number of nitrogens with one attached hydrogen (secondary N) is 1. The van der Waals surface area contributed by atoms with Gasteiger partial charge < -0.3 is 14.8 Å². The van der Waals surface area contributed by atoms with Gasteiger partial charge in [0.25, 0.3) is 0 Å². The second-order valence-corrected chi connectivity index (χ2v) is 6.66. The predicted octanol–water partition coefficient (Wildman–Crippen LogP) is 4.01. The molecule has 0 spiro atoms. The minimum Gasteiger partial charge on any atom is -0.486 e. The number of amides is 1. The topological polar surface area (TPSA) is 65.4 Å². The lowest BCUT2D eigenvalue weighted by Crippen LogP contribution is -2.15. The Morgan fingerprint density at radius 3 is 2.82 bits per heavy atom. The Morgan fingerprint density at radius 2 is 2.04 bits per heavy atom. The Hall–Kier alpha value is -3.25. The van der Waals surface area contributed by atoms with Gasteiger partial charge in [-0.3, -0.25) is 9.48 Å². The van der Waals surface area contributed by atoms with Crippen LogP contribution in [0.15, 0.2) is 60.9 Å². The fourth-order valence-electron chi connectivity index (χ4n) is 2.86. The van der Waals surface area contributed by atoms with Crippen LogP contribution in [0.3, 0.4) is 0 Å². The van der Waals surface area contributed by atoms with Crippen LogP contribution < -0.4 is 14.8 Å². The van der Waals surface area contributed by atoms with Crippen molar-refractivity contribution < 1.29 is 14.3 Å². The predicted molar refractivity (Wildman–Crippen MR) is 108 cm³/mol. The smallest absolute Gasteiger partial charge is 0.248 e. The molecule has 0 saturated carbocycles. The van der Waals surface area contributed by atoms with Gasteiger partial charge in [0.2, 0.25) is 5.91 Å². The highest BCUT2D eigenvalue weighted by atomic mass is 35.5. The van der Waals surface area contributed by atoms with Crippen LogP contribution in [0, 0.1) is 0 Å². The molecule has 0 unspecified atom stereocenters. The number of carbonyl (C=O) groups is 1. The van der Waals surface area contributed by atoms with Crippen LogP contribution >= 0.6 is 11.6 Å². The standard InChI is InChI=1S/C21H18ClN3O3/c22-18-12-16(13-19-21(18)28-11-10-27-19)4-7-20(26)24-17-5-2-15(3-6-17)14-25-9-1-8-23-25/h1-9,12-13H,10-11,14H2,(H,24,26)/b7-4+. The highest BCUT2D eigenvalue weighted by Crippen LogP contribution is 2.38. The molecule has 142 valence electrons. The number of aromatic nitrogens is 2. The molecule has 0 bridgehead atoms. The molecule has 0 aliphatic carbocycles. The minimum atomic E-state index is -0.231. The molecule has 1 amide bonds. The van der Waals surface area contributed by atoms with Crippen molar-refractivity contribution in [3.05, 3.63) is 77.1 Å². The van der Waals surface area contributed by atoms with Crippen molar-refractivity contribution in [1.82, 2.24) is 9.78 Å². The van der Waals surface area contributed by atoms with Gasteiger partial charge in [0.05, 0.1) is 11.6 Å². The van der Waals surface area contributed by atoms with Crippen molar-refractivity contribution in [2.24, 2.45) is 0 Å². The highest BCUT2D eigenvalue weighted by molar-refractivity contribution is 6.32. The van der Waals surface area contributed by atoms with Crippen LogP contribution in [0.4, 0.5) is 5.69 Å². The average molecular weight is 396 g/mol. The summed E-state index contributed by atoms with van der Waals surface area (Å²) in [7, 11) is 0. The van der Waals surface area contributed by atoms with E-state index in [4.69, 9.17) is 21.1 Å². The zero-order valence-electron chi connectivity index (χ0n) is 15.0. The van der Waals surface area contributed by atoms with Crippen molar-refractivity contribution in [3.63, 3.8) is 0 Å². The zero-order valence-corrected chi connectivity index (χ0v) is 15.7. The summed E-state index contributed by atoms with van der Waals surface area (Å²) in [6.45, 7) is 1.64. The summed E-state index contributed by atoms with van der Waals surface area (Å²) in [5, 5.41) is 7.48. The van der Waals surface area contributed by atoms with Crippen LogP contribution in [0.5, 0.6) is 11.5 Å². The number of hydrogen-bond acceptors (Lipinski definition) is 4. The number of anilines is 1. The van der Waals surface area contributed by atoms with Crippen molar-refractivity contribution in [3.8, 4) is 11.5 Å². The third-order valence-electron chi connectivity index (χ3n) is 4.17. The lowest BCUT2D eigenvalue weighted by Gasteiger charge is -2.19. The lowest BCUT2D eigenvalue weighted by molar-refractivity contribution is -0.111. The van der Waals surface area contributed by atoms with E-state index in [0.29, 0.717) is 36.3 Å². The third-order valence-corrected chi connectivity index (χ3v) is 4.45. The lowest BCUT2D eigenvalue weighted by atomic mass is 10.1. The maximum Gasteiger partial charge on any atom is 0.248 e. The Labute approximate surface area is 167 Å². The summed E-state index contributed by atoms with van der Waals surface area (Å²) in [5.41, 5.74) is 2.58. The third kappa shape index (κ3) is 4.35. The van der Waals surface area contributed by atoms with Crippen LogP contribution in [0.1, 0.15) is 11.1 Å². The first-order chi connectivity index (χ1) is 13.7. The van der Waals surface area contributed by atoms with E-state index in [9.17, 15) is 4.79 Å². The van der Waals surface area contributed by atoms with E-state index < -0.39 is 0 Å². The molecule has 4 rings (SSSR count). The van der Waals surface area contributed by atoms with Gasteiger partial charge in [-0.1, -0.05) is 23.7 Å². The maximum absolute atomic E-state index is 12.2. The maximum atomic E-state index is 12.2. The number of fused-ring (bicyclic) bond motifs is 1. The van der Waals surface area contributed by atoms with E-state index in [0.717, 1.165) is 16.8 Å². The van der Waals surface area contributed by atoms with E-state index in [1.54, 1.807) is 24.4 Å². The molecular weight excluding hydrogens is 378 g/mol. The average Bonchev–Trinajstić information content (AvgIpc) is 3.21. The zero-order chi connectivity index (χ0) is 19.3. The number of hydrogen-bond donors (Lipinski definition) is 1. The van der Waals surface area contributed by atoms with Crippen LogP contribution in [-0.2, 0) is 11.3 Å². The second kappa shape index (κ2) is 8.19. The Kier molecular flexibility index (Phi) is 5.30. The van der Waals surface area contributed by atoms with Crippen LogP contribution in [-0.4, -0.2) is 28.9 Å². The van der Waals surface area contributed by atoms with Crippen molar-refractivity contribution in [2.45, 2.75) is 6.54 Å². The van der Waals surface area contributed by atoms with Gasteiger partial charge >= 0.3 is 0 Å². The normalized spacial score (nSPS) is 12.9. The molecule has 0 atom stereocenters. The first-order valence-electron chi connectivity index (χ1n) is 8.82. The minimum absolute atomic E-state index is 0.231. The van der Waals surface area contributed by atoms with E-state index >= 15 is 0 Å². The monoisotopic (exact) mass is 395 g/mol. The molecule has 1 aliphatic rings. The first-order valence-corrected chi connectivity index (χ1v) is 9.20. The Morgan fingerprint density at radius 1 is 1.21 bits per heavy atom. The van der Waals surface area contributed by atoms with E-state index in [1.165, 1.54) is 6.08 Å². The highest BCUT2D eigenvalue weighted by Gasteiger charge is 2.15. The fourth-order valence-corrected chi connectivity index (χ4v) is 3.13. The molecule has 0 radical (unpaired) electrons. The quantitative estimate of drug-likeness (QED) is 0.663. The van der Waals surface area contributed by atoms with Gasteiger partial charge in [0.15, 0.2) is 11.5 Å². The molecule has 0 saturated heterocycles.